The third kappa shape index (κ3) is 2.21. The molecule has 1 amide bonds. The number of hydrogen-bond donors (Lipinski definition) is 1. The van der Waals surface area contributed by atoms with E-state index in [9.17, 15) is 23.9 Å². The van der Waals surface area contributed by atoms with Gasteiger partial charge < -0.3 is 5.11 Å². The first-order valence-corrected chi connectivity index (χ1v) is 8.87. The van der Waals surface area contributed by atoms with E-state index in [1.54, 1.807) is 30.3 Å². The molecular formula is C20H13FN4O4. The van der Waals surface area contributed by atoms with Crippen molar-refractivity contribution in [1.82, 2.24) is 14.8 Å². The van der Waals surface area contributed by atoms with E-state index in [0.29, 0.717) is 5.56 Å². The fraction of sp³-hybridized carbons (Fsp3) is 0.150. The van der Waals surface area contributed by atoms with Gasteiger partial charge in [0.15, 0.2) is 11.5 Å². The number of carbonyl (C=O) groups is 2. The molecule has 1 aromatic heterocycles. The molecule has 29 heavy (non-hydrogen) atoms. The molecule has 1 atom stereocenters. The van der Waals surface area contributed by atoms with Gasteiger partial charge in [0.25, 0.3) is 5.56 Å². The molecule has 0 unspecified atom stereocenters. The number of amides is 1. The van der Waals surface area contributed by atoms with Gasteiger partial charge in [0.2, 0.25) is 11.6 Å². The number of aliphatic carboxylic acids is 1. The van der Waals surface area contributed by atoms with E-state index in [2.05, 4.69) is 10.1 Å². The van der Waals surface area contributed by atoms with Crippen LogP contribution in [-0.4, -0.2) is 31.7 Å². The van der Waals surface area contributed by atoms with E-state index in [1.165, 1.54) is 6.07 Å². The Hall–Kier alpha value is -3.88. The van der Waals surface area contributed by atoms with Gasteiger partial charge in [0, 0.05) is 24.0 Å². The summed E-state index contributed by atoms with van der Waals surface area (Å²) in [6.45, 7) is 0. The lowest BCUT2D eigenvalue weighted by Gasteiger charge is -2.41. The van der Waals surface area contributed by atoms with Gasteiger partial charge >= 0.3 is 5.97 Å². The van der Waals surface area contributed by atoms with Crippen molar-refractivity contribution in [1.29, 1.82) is 0 Å². The highest BCUT2D eigenvalue weighted by atomic mass is 19.1. The van der Waals surface area contributed by atoms with Crippen LogP contribution in [-0.2, 0) is 15.3 Å². The maximum Gasteiger partial charge on any atom is 0.353 e. The fourth-order valence-corrected chi connectivity index (χ4v) is 4.01. The van der Waals surface area contributed by atoms with Crippen LogP contribution in [0.5, 0.6) is 0 Å². The van der Waals surface area contributed by atoms with Crippen LogP contribution in [0.3, 0.4) is 0 Å². The summed E-state index contributed by atoms with van der Waals surface area (Å²) in [6.07, 6.45) is -0.147. The maximum atomic E-state index is 14.0. The maximum absolute atomic E-state index is 14.0. The molecule has 2 aliphatic heterocycles. The summed E-state index contributed by atoms with van der Waals surface area (Å²) < 4.78 is 15.1. The summed E-state index contributed by atoms with van der Waals surface area (Å²) in [5, 5.41) is 14.5. The first kappa shape index (κ1) is 17.2. The van der Waals surface area contributed by atoms with Crippen molar-refractivity contribution >= 4 is 17.6 Å². The predicted molar refractivity (Wildman–Crippen MR) is 99.5 cm³/mol. The van der Waals surface area contributed by atoms with Gasteiger partial charge in [0.1, 0.15) is 5.82 Å². The monoisotopic (exact) mass is 392 g/mol. The van der Waals surface area contributed by atoms with Gasteiger partial charge in [-0.2, -0.15) is 10.1 Å². The van der Waals surface area contributed by atoms with Crippen LogP contribution >= 0.6 is 0 Å². The molecule has 2 aromatic carbocycles. The normalized spacial score (nSPS) is 19.5. The van der Waals surface area contributed by atoms with Crippen LogP contribution in [0.4, 0.5) is 10.1 Å². The summed E-state index contributed by atoms with van der Waals surface area (Å²) >= 11 is 0. The molecule has 1 saturated heterocycles. The summed E-state index contributed by atoms with van der Waals surface area (Å²) in [7, 11) is 0. The Morgan fingerprint density at radius 1 is 1.14 bits per heavy atom. The summed E-state index contributed by atoms with van der Waals surface area (Å²) in [5.41, 5.74) is -1.78. The number of benzene rings is 2. The van der Waals surface area contributed by atoms with Gasteiger partial charge in [-0.05, 0) is 18.2 Å². The highest BCUT2D eigenvalue weighted by Gasteiger charge is 2.58. The van der Waals surface area contributed by atoms with E-state index in [4.69, 9.17) is 0 Å². The lowest BCUT2D eigenvalue weighted by Crippen LogP contribution is -2.58. The Bertz CT molecular complexity index is 1260. The molecular weight excluding hydrogens is 379 g/mol. The van der Waals surface area contributed by atoms with Crippen molar-refractivity contribution in [3.05, 3.63) is 64.7 Å². The number of rotatable bonds is 2. The number of aromatic nitrogens is 3. The number of hydrogen-bond acceptors (Lipinski definition) is 5. The van der Waals surface area contributed by atoms with Gasteiger partial charge in [-0.3, -0.25) is 14.5 Å². The topological polar surface area (TPSA) is 105 Å². The highest BCUT2D eigenvalue weighted by Crippen LogP contribution is 2.48. The Labute approximate surface area is 162 Å². The van der Waals surface area contributed by atoms with Gasteiger partial charge in [-0.25, -0.2) is 13.9 Å². The van der Waals surface area contributed by atoms with Crippen molar-refractivity contribution in [2.75, 3.05) is 4.90 Å². The minimum Gasteiger partial charge on any atom is -0.478 e. The second-order valence-corrected chi connectivity index (χ2v) is 6.88. The molecule has 1 N–H and O–H groups in total. The summed E-state index contributed by atoms with van der Waals surface area (Å²) in [4.78, 5) is 42.9. The van der Waals surface area contributed by atoms with E-state index in [0.717, 1.165) is 21.7 Å². The van der Waals surface area contributed by atoms with Crippen molar-refractivity contribution in [2.45, 2.75) is 18.5 Å². The molecule has 3 aromatic rings. The molecule has 2 aliphatic rings. The second-order valence-electron chi connectivity index (χ2n) is 6.88. The quantitative estimate of drug-likeness (QED) is 0.715. The van der Waals surface area contributed by atoms with Crippen molar-refractivity contribution < 1.29 is 19.1 Å². The molecule has 9 heteroatoms. The molecule has 5 rings (SSSR count). The molecule has 0 aliphatic carbocycles. The number of anilines is 1. The van der Waals surface area contributed by atoms with Crippen LogP contribution in [0.15, 0.2) is 53.3 Å². The minimum atomic E-state index is -1.92. The van der Waals surface area contributed by atoms with Crippen molar-refractivity contribution in [3.8, 4) is 22.6 Å². The zero-order valence-electron chi connectivity index (χ0n) is 14.9. The SMILES string of the molecule is O=C1CC[C@]2(C(=O)O)N1c1cc(F)ccc1-c1nc(=O)c(-c3ccccc3)nn12. The molecule has 0 saturated carbocycles. The Morgan fingerprint density at radius 2 is 1.90 bits per heavy atom. The third-order valence-electron chi connectivity index (χ3n) is 5.30. The summed E-state index contributed by atoms with van der Waals surface area (Å²) in [6, 6.07) is 12.1. The standard InChI is InChI=1S/C20H13FN4O4/c21-12-6-7-13-14(10-12)24-15(26)8-9-20(24,19(28)29)25-17(13)22-18(27)16(23-25)11-4-2-1-3-5-11/h1-7,10H,8-9H2,(H,28,29)/t20-/m0/s1. The molecule has 8 nitrogen and oxygen atoms in total. The average molecular weight is 392 g/mol. The van der Waals surface area contributed by atoms with Crippen LogP contribution in [0.25, 0.3) is 22.6 Å². The first-order valence-electron chi connectivity index (χ1n) is 8.87. The van der Waals surface area contributed by atoms with E-state index in [-0.39, 0.29) is 35.6 Å². The lowest BCUT2D eigenvalue weighted by atomic mass is 10.00. The van der Waals surface area contributed by atoms with Crippen LogP contribution in [0.2, 0.25) is 0 Å². The van der Waals surface area contributed by atoms with Gasteiger partial charge in [-0.1, -0.05) is 30.3 Å². The number of carboxylic acid groups (broad SMARTS) is 1. The molecule has 0 radical (unpaired) electrons. The molecule has 0 bridgehead atoms. The first-order chi connectivity index (χ1) is 13.9. The van der Waals surface area contributed by atoms with E-state index < -0.39 is 28.9 Å². The zero-order chi connectivity index (χ0) is 20.3. The Balaban J connectivity index is 1.90. The number of fused-ring (bicyclic) bond motifs is 6. The van der Waals surface area contributed by atoms with Gasteiger partial charge in [-0.15, -0.1) is 0 Å². The fourth-order valence-electron chi connectivity index (χ4n) is 4.01. The van der Waals surface area contributed by atoms with Crippen LogP contribution in [0.1, 0.15) is 12.8 Å². The molecule has 1 fully saturated rings. The Kier molecular flexibility index (Phi) is 3.45. The average Bonchev–Trinajstić information content (AvgIpc) is 3.07. The van der Waals surface area contributed by atoms with Crippen molar-refractivity contribution in [2.24, 2.45) is 0 Å². The second kappa shape index (κ2) is 5.81. The minimum absolute atomic E-state index is 0.0157. The Morgan fingerprint density at radius 3 is 2.62 bits per heavy atom. The largest absolute Gasteiger partial charge is 0.478 e. The number of carbonyl (C=O) groups excluding carboxylic acids is 1. The van der Waals surface area contributed by atoms with Crippen LogP contribution in [0, 0.1) is 5.82 Å². The third-order valence-corrected chi connectivity index (χ3v) is 5.30. The van der Waals surface area contributed by atoms with Crippen molar-refractivity contribution in [3.63, 3.8) is 0 Å². The van der Waals surface area contributed by atoms with Gasteiger partial charge in [0.05, 0.1) is 5.69 Å². The van der Waals surface area contributed by atoms with E-state index >= 15 is 0 Å². The number of halogens is 1. The molecule has 144 valence electrons. The smallest absolute Gasteiger partial charge is 0.353 e. The number of carboxylic acids is 1. The summed E-state index contributed by atoms with van der Waals surface area (Å²) in [5.74, 6) is -2.45. The zero-order valence-corrected chi connectivity index (χ0v) is 14.9. The lowest BCUT2D eigenvalue weighted by molar-refractivity contribution is -0.148. The number of nitrogens with zero attached hydrogens (tertiary/aromatic N) is 4. The predicted octanol–water partition coefficient (Wildman–Crippen LogP) is 1.99. The molecule has 0 spiro atoms. The molecule has 3 heterocycles. The van der Waals surface area contributed by atoms with Crippen LogP contribution < -0.4 is 10.5 Å². The van der Waals surface area contributed by atoms with E-state index in [1.807, 2.05) is 0 Å². The highest BCUT2D eigenvalue weighted by molar-refractivity contribution is 6.07.